The van der Waals surface area contributed by atoms with Gasteiger partial charge in [0.05, 0.1) is 11.0 Å². The number of carbonyl (C=O) groups is 1. The molecule has 0 aliphatic heterocycles. The van der Waals surface area contributed by atoms with Crippen LogP contribution in [0.15, 0.2) is 24.3 Å². The zero-order valence-electron chi connectivity index (χ0n) is 12.1. The van der Waals surface area contributed by atoms with Crippen LogP contribution in [0.5, 0.6) is 0 Å². The Kier molecular flexibility index (Phi) is 6.11. The molecule has 0 aliphatic carbocycles. The maximum absolute atomic E-state index is 12.0. The van der Waals surface area contributed by atoms with Gasteiger partial charge in [-0.1, -0.05) is 26.0 Å². The molecule has 0 saturated heterocycles. The lowest BCUT2D eigenvalue weighted by molar-refractivity contribution is -0.384. The Morgan fingerprint density at radius 1 is 1.40 bits per heavy atom. The molecule has 0 aliphatic rings. The van der Waals surface area contributed by atoms with E-state index >= 15 is 0 Å². The summed E-state index contributed by atoms with van der Waals surface area (Å²) in [5, 5.41) is 16.7. The zero-order valence-corrected chi connectivity index (χ0v) is 12.1. The summed E-state index contributed by atoms with van der Waals surface area (Å²) in [4.78, 5) is 22.3. The van der Waals surface area contributed by atoms with Crippen LogP contribution in [-0.2, 0) is 4.79 Å². The summed E-state index contributed by atoms with van der Waals surface area (Å²) in [5.41, 5.74) is 0.757. The van der Waals surface area contributed by atoms with Crippen molar-refractivity contribution in [3.8, 4) is 0 Å². The number of hydrogen-bond acceptors (Lipinski definition) is 4. The monoisotopic (exact) mass is 279 g/mol. The highest BCUT2D eigenvalue weighted by Gasteiger charge is 2.17. The number of nitro benzene ring substituents is 1. The van der Waals surface area contributed by atoms with Crippen LogP contribution in [0, 0.1) is 16.0 Å². The molecular formula is C14H21N3O3. The molecule has 0 spiro atoms. The topological polar surface area (TPSA) is 84.3 Å². The third kappa shape index (κ3) is 4.62. The van der Waals surface area contributed by atoms with Gasteiger partial charge < -0.3 is 10.6 Å². The van der Waals surface area contributed by atoms with Gasteiger partial charge in [0.15, 0.2) is 0 Å². The van der Waals surface area contributed by atoms with E-state index in [0.29, 0.717) is 6.54 Å². The van der Waals surface area contributed by atoms with E-state index in [9.17, 15) is 14.9 Å². The van der Waals surface area contributed by atoms with Gasteiger partial charge in [-0.15, -0.1) is 0 Å². The maximum Gasteiger partial charge on any atom is 0.269 e. The molecule has 20 heavy (non-hydrogen) atoms. The number of nitrogens with one attached hydrogen (secondary N) is 2. The van der Waals surface area contributed by atoms with Gasteiger partial charge >= 0.3 is 0 Å². The Morgan fingerprint density at radius 3 is 2.70 bits per heavy atom. The summed E-state index contributed by atoms with van der Waals surface area (Å²) in [7, 11) is 0. The molecule has 0 aromatic heterocycles. The van der Waals surface area contributed by atoms with Crippen LogP contribution in [0.3, 0.4) is 0 Å². The Balaban J connectivity index is 2.66. The summed E-state index contributed by atoms with van der Waals surface area (Å²) >= 11 is 0. The quantitative estimate of drug-likeness (QED) is 0.590. The first-order valence-electron chi connectivity index (χ1n) is 6.71. The lowest BCUT2D eigenvalue weighted by Gasteiger charge is -2.18. The number of benzene rings is 1. The fourth-order valence-electron chi connectivity index (χ4n) is 1.80. The highest BCUT2D eigenvalue weighted by atomic mass is 16.6. The SMILES string of the molecule is CCNCC(C)C(=O)NC(C)c1cccc([N+](=O)[O-])c1. The molecule has 0 heterocycles. The molecule has 110 valence electrons. The van der Waals surface area contributed by atoms with Crippen LogP contribution in [0.25, 0.3) is 0 Å². The number of non-ortho nitro benzene ring substituents is 1. The summed E-state index contributed by atoms with van der Waals surface area (Å²) in [6, 6.07) is 6.06. The van der Waals surface area contributed by atoms with E-state index in [4.69, 9.17) is 0 Å². The molecule has 2 unspecified atom stereocenters. The minimum Gasteiger partial charge on any atom is -0.349 e. The second-order valence-electron chi connectivity index (χ2n) is 4.79. The van der Waals surface area contributed by atoms with Crippen molar-refractivity contribution < 1.29 is 9.72 Å². The molecule has 6 heteroatoms. The predicted octanol–water partition coefficient (Wildman–Crippen LogP) is 2.02. The molecule has 1 amide bonds. The third-order valence-electron chi connectivity index (χ3n) is 3.09. The lowest BCUT2D eigenvalue weighted by atomic mass is 10.1. The molecule has 0 saturated carbocycles. The summed E-state index contributed by atoms with van der Waals surface area (Å²) < 4.78 is 0. The first kappa shape index (κ1) is 16.1. The number of hydrogen-bond donors (Lipinski definition) is 2. The predicted molar refractivity (Wildman–Crippen MR) is 77.4 cm³/mol. The molecule has 0 bridgehead atoms. The highest BCUT2D eigenvalue weighted by Crippen LogP contribution is 2.19. The van der Waals surface area contributed by atoms with Crippen LogP contribution in [-0.4, -0.2) is 23.9 Å². The van der Waals surface area contributed by atoms with Gasteiger partial charge in [0.2, 0.25) is 5.91 Å². The van der Waals surface area contributed by atoms with Gasteiger partial charge in [0.25, 0.3) is 5.69 Å². The van der Waals surface area contributed by atoms with Crippen molar-refractivity contribution in [1.29, 1.82) is 0 Å². The van der Waals surface area contributed by atoms with Crippen molar-refractivity contribution in [1.82, 2.24) is 10.6 Å². The minimum absolute atomic E-state index is 0.0318. The molecule has 6 nitrogen and oxygen atoms in total. The lowest BCUT2D eigenvalue weighted by Crippen LogP contribution is -2.36. The van der Waals surface area contributed by atoms with E-state index in [1.807, 2.05) is 20.8 Å². The minimum atomic E-state index is -0.439. The molecule has 2 atom stereocenters. The second kappa shape index (κ2) is 7.59. The molecule has 0 fully saturated rings. The van der Waals surface area contributed by atoms with Crippen molar-refractivity contribution >= 4 is 11.6 Å². The summed E-state index contributed by atoms with van der Waals surface area (Å²) in [5.74, 6) is -0.207. The smallest absolute Gasteiger partial charge is 0.269 e. The van der Waals surface area contributed by atoms with Crippen molar-refractivity contribution in [2.75, 3.05) is 13.1 Å². The van der Waals surface area contributed by atoms with Gasteiger partial charge in [-0.2, -0.15) is 0 Å². The Hall–Kier alpha value is -1.95. The van der Waals surface area contributed by atoms with Crippen molar-refractivity contribution in [3.05, 3.63) is 39.9 Å². The summed E-state index contributed by atoms with van der Waals surface area (Å²) in [6.07, 6.45) is 0. The van der Waals surface area contributed by atoms with Crippen LogP contribution in [0.4, 0.5) is 5.69 Å². The second-order valence-corrected chi connectivity index (χ2v) is 4.79. The average Bonchev–Trinajstić information content (AvgIpc) is 2.44. The first-order valence-corrected chi connectivity index (χ1v) is 6.71. The number of rotatable bonds is 7. The Labute approximate surface area is 118 Å². The highest BCUT2D eigenvalue weighted by molar-refractivity contribution is 5.79. The number of carbonyl (C=O) groups excluding carboxylic acids is 1. The maximum atomic E-state index is 12.0. The van der Waals surface area contributed by atoms with Crippen molar-refractivity contribution in [3.63, 3.8) is 0 Å². The number of nitrogens with zero attached hydrogens (tertiary/aromatic N) is 1. The van der Waals surface area contributed by atoms with Crippen LogP contribution >= 0.6 is 0 Å². The van der Waals surface area contributed by atoms with E-state index in [1.54, 1.807) is 12.1 Å². The summed E-state index contributed by atoms with van der Waals surface area (Å²) in [6.45, 7) is 7.08. The molecular weight excluding hydrogens is 258 g/mol. The number of nitro groups is 1. The molecule has 1 aromatic rings. The van der Waals surface area contributed by atoms with Crippen LogP contribution < -0.4 is 10.6 Å². The first-order chi connectivity index (χ1) is 9.45. The number of amides is 1. The third-order valence-corrected chi connectivity index (χ3v) is 3.09. The van der Waals surface area contributed by atoms with E-state index in [2.05, 4.69) is 10.6 Å². The van der Waals surface area contributed by atoms with Crippen molar-refractivity contribution in [2.24, 2.45) is 5.92 Å². The molecule has 0 radical (unpaired) electrons. The van der Waals surface area contributed by atoms with Gasteiger partial charge in [-0.3, -0.25) is 14.9 Å². The van der Waals surface area contributed by atoms with E-state index in [0.717, 1.165) is 12.1 Å². The van der Waals surface area contributed by atoms with Crippen LogP contribution in [0.2, 0.25) is 0 Å². The molecule has 2 N–H and O–H groups in total. The van der Waals surface area contributed by atoms with Gasteiger partial charge in [-0.25, -0.2) is 0 Å². The normalized spacial score (nSPS) is 13.6. The zero-order chi connectivity index (χ0) is 15.1. The van der Waals surface area contributed by atoms with Gasteiger partial charge in [-0.05, 0) is 19.0 Å². The standard InChI is InChI=1S/C14H21N3O3/c1-4-15-9-10(2)14(18)16-11(3)12-6-5-7-13(8-12)17(19)20/h5-8,10-11,15H,4,9H2,1-3H3,(H,16,18). The molecule has 1 rings (SSSR count). The Bertz CT molecular complexity index is 476. The van der Waals surface area contributed by atoms with Crippen molar-refractivity contribution in [2.45, 2.75) is 26.8 Å². The fraction of sp³-hybridized carbons (Fsp3) is 0.500. The fourth-order valence-corrected chi connectivity index (χ4v) is 1.80. The van der Waals surface area contributed by atoms with E-state index in [-0.39, 0.29) is 23.6 Å². The van der Waals surface area contributed by atoms with Gasteiger partial charge in [0, 0.05) is 24.6 Å². The van der Waals surface area contributed by atoms with E-state index in [1.165, 1.54) is 12.1 Å². The Morgan fingerprint density at radius 2 is 2.10 bits per heavy atom. The molecule has 1 aromatic carbocycles. The van der Waals surface area contributed by atoms with Crippen LogP contribution in [0.1, 0.15) is 32.4 Å². The largest absolute Gasteiger partial charge is 0.349 e. The van der Waals surface area contributed by atoms with E-state index < -0.39 is 4.92 Å². The average molecular weight is 279 g/mol. The van der Waals surface area contributed by atoms with Gasteiger partial charge in [0.1, 0.15) is 0 Å².